The highest BCUT2D eigenvalue weighted by Gasteiger charge is 2.13. The first-order valence-electron chi connectivity index (χ1n) is 5.54. The van der Waals surface area contributed by atoms with E-state index >= 15 is 0 Å². The number of nitrogens with zero attached hydrogens (tertiary/aromatic N) is 3. The SMILES string of the molecule is Oc1ccc2cc(N3CCCC3)cnc2n1. The van der Waals surface area contributed by atoms with E-state index in [4.69, 9.17) is 0 Å². The van der Waals surface area contributed by atoms with Gasteiger partial charge in [0.05, 0.1) is 11.9 Å². The van der Waals surface area contributed by atoms with Gasteiger partial charge in [0, 0.05) is 24.5 Å². The van der Waals surface area contributed by atoms with E-state index in [0.29, 0.717) is 5.65 Å². The molecule has 0 bridgehead atoms. The van der Waals surface area contributed by atoms with Crippen LogP contribution in [0.5, 0.6) is 5.88 Å². The first kappa shape index (κ1) is 9.39. The summed E-state index contributed by atoms with van der Waals surface area (Å²) in [5.41, 5.74) is 1.75. The molecule has 1 N–H and O–H groups in total. The number of rotatable bonds is 1. The van der Waals surface area contributed by atoms with Crippen molar-refractivity contribution in [2.75, 3.05) is 18.0 Å². The van der Waals surface area contributed by atoms with Gasteiger partial charge in [-0.25, -0.2) is 4.98 Å². The van der Waals surface area contributed by atoms with Gasteiger partial charge in [0.2, 0.25) is 5.88 Å². The van der Waals surface area contributed by atoms with Crippen LogP contribution in [-0.2, 0) is 0 Å². The second-order valence-corrected chi connectivity index (χ2v) is 4.10. The van der Waals surface area contributed by atoms with Crippen LogP contribution in [0.1, 0.15) is 12.8 Å². The fraction of sp³-hybridized carbons (Fsp3) is 0.333. The number of hydrogen-bond donors (Lipinski definition) is 1. The van der Waals surface area contributed by atoms with Gasteiger partial charge in [-0.15, -0.1) is 0 Å². The van der Waals surface area contributed by atoms with E-state index in [-0.39, 0.29) is 5.88 Å². The van der Waals surface area contributed by atoms with E-state index < -0.39 is 0 Å². The molecule has 1 saturated heterocycles. The second kappa shape index (κ2) is 3.63. The molecule has 3 heterocycles. The molecule has 0 radical (unpaired) electrons. The van der Waals surface area contributed by atoms with Crippen molar-refractivity contribution >= 4 is 16.7 Å². The second-order valence-electron chi connectivity index (χ2n) is 4.10. The largest absolute Gasteiger partial charge is 0.493 e. The lowest BCUT2D eigenvalue weighted by atomic mass is 10.2. The van der Waals surface area contributed by atoms with Crippen LogP contribution in [0.4, 0.5) is 5.69 Å². The highest BCUT2D eigenvalue weighted by molar-refractivity contribution is 5.79. The highest BCUT2D eigenvalue weighted by Crippen LogP contribution is 2.23. The minimum atomic E-state index is 0.0222. The third-order valence-corrected chi connectivity index (χ3v) is 2.98. The molecule has 0 spiro atoms. The molecule has 4 nitrogen and oxygen atoms in total. The summed E-state index contributed by atoms with van der Waals surface area (Å²) in [5, 5.41) is 10.2. The molecule has 0 amide bonds. The topological polar surface area (TPSA) is 49.2 Å². The van der Waals surface area contributed by atoms with Crippen LogP contribution in [0.25, 0.3) is 11.0 Å². The maximum Gasteiger partial charge on any atom is 0.212 e. The summed E-state index contributed by atoms with van der Waals surface area (Å²) in [5.74, 6) is 0.0222. The lowest BCUT2D eigenvalue weighted by Gasteiger charge is -2.17. The van der Waals surface area contributed by atoms with Gasteiger partial charge in [-0.05, 0) is 25.0 Å². The summed E-state index contributed by atoms with van der Waals surface area (Å²) >= 11 is 0. The van der Waals surface area contributed by atoms with E-state index in [1.165, 1.54) is 12.8 Å². The molecule has 0 aromatic carbocycles. The predicted octanol–water partition coefficient (Wildman–Crippen LogP) is 1.94. The Labute approximate surface area is 93.6 Å². The van der Waals surface area contributed by atoms with Crippen molar-refractivity contribution in [1.82, 2.24) is 9.97 Å². The summed E-state index contributed by atoms with van der Waals surface area (Å²) in [6, 6.07) is 5.53. The molecule has 0 saturated carbocycles. The van der Waals surface area contributed by atoms with Crippen molar-refractivity contribution in [2.24, 2.45) is 0 Å². The van der Waals surface area contributed by atoms with Crippen molar-refractivity contribution < 1.29 is 5.11 Å². The van der Waals surface area contributed by atoms with Crippen molar-refractivity contribution in [3.8, 4) is 5.88 Å². The summed E-state index contributed by atoms with van der Waals surface area (Å²) in [4.78, 5) is 10.6. The smallest absolute Gasteiger partial charge is 0.212 e. The van der Waals surface area contributed by atoms with Crippen LogP contribution < -0.4 is 4.90 Å². The van der Waals surface area contributed by atoms with Gasteiger partial charge in [0.15, 0.2) is 5.65 Å². The van der Waals surface area contributed by atoms with Gasteiger partial charge in [-0.3, -0.25) is 0 Å². The monoisotopic (exact) mass is 215 g/mol. The fourth-order valence-corrected chi connectivity index (χ4v) is 2.14. The Kier molecular flexibility index (Phi) is 2.13. The Bertz CT molecular complexity index is 521. The number of fused-ring (bicyclic) bond motifs is 1. The fourth-order valence-electron chi connectivity index (χ4n) is 2.14. The molecular formula is C12H13N3O. The van der Waals surface area contributed by atoms with E-state index in [2.05, 4.69) is 20.9 Å². The quantitative estimate of drug-likeness (QED) is 0.789. The number of aromatic nitrogens is 2. The van der Waals surface area contributed by atoms with Crippen LogP contribution in [0, 0.1) is 0 Å². The molecule has 0 unspecified atom stereocenters. The molecule has 0 aliphatic carbocycles. The Morgan fingerprint density at radius 3 is 2.81 bits per heavy atom. The molecule has 4 heteroatoms. The first-order chi connectivity index (χ1) is 7.83. The van der Waals surface area contributed by atoms with E-state index in [9.17, 15) is 5.11 Å². The van der Waals surface area contributed by atoms with Crippen LogP contribution >= 0.6 is 0 Å². The molecule has 16 heavy (non-hydrogen) atoms. The Morgan fingerprint density at radius 1 is 1.19 bits per heavy atom. The third-order valence-electron chi connectivity index (χ3n) is 2.98. The van der Waals surface area contributed by atoms with Crippen LogP contribution in [0.15, 0.2) is 24.4 Å². The van der Waals surface area contributed by atoms with E-state index in [1.54, 1.807) is 6.07 Å². The zero-order valence-electron chi connectivity index (χ0n) is 8.93. The highest BCUT2D eigenvalue weighted by atomic mass is 16.3. The normalized spacial score (nSPS) is 15.9. The average Bonchev–Trinajstić information content (AvgIpc) is 2.82. The molecule has 0 atom stereocenters. The molecule has 3 rings (SSSR count). The Hall–Kier alpha value is -1.84. The van der Waals surface area contributed by atoms with Gasteiger partial charge in [-0.2, -0.15) is 4.98 Å². The molecule has 1 fully saturated rings. The summed E-state index contributed by atoms with van der Waals surface area (Å²) < 4.78 is 0. The van der Waals surface area contributed by atoms with Crippen molar-refractivity contribution in [3.63, 3.8) is 0 Å². The van der Waals surface area contributed by atoms with Crippen molar-refractivity contribution in [2.45, 2.75) is 12.8 Å². The molecule has 2 aromatic heterocycles. The van der Waals surface area contributed by atoms with Gasteiger partial charge in [-0.1, -0.05) is 0 Å². The zero-order valence-corrected chi connectivity index (χ0v) is 8.93. The molecule has 2 aromatic rings. The maximum atomic E-state index is 9.25. The Morgan fingerprint density at radius 2 is 2.00 bits per heavy atom. The van der Waals surface area contributed by atoms with Crippen molar-refractivity contribution in [3.05, 3.63) is 24.4 Å². The lowest BCUT2D eigenvalue weighted by molar-refractivity contribution is 0.455. The molecule has 1 aliphatic heterocycles. The molecule has 82 valence electrons. The number of aromatic hydroxyl groups is 1. The maximum absolute atomic E-state index is 9.25. The van der Waals surface area contributed by atoms with Gasteiger partial charge < -0.3 is 10.0 Å². The van der Waals surface area contributed by atoms with Crippen LogP contribution in [-0.4, -0.2) is 28.2 Å². The number of anilines is 1. The standard InChI is InChI=1S/C12H13N3O/c16-11-4-3-9-7-10(8-13-12(9)14-11)15-5-1-2-6-15/h3-4,7-8H,1-2,5-6H2,(H,13,14,16). The number of hydrogen-bond acceptors (Lipinski definition) is 4. The summed E-state index contributed by atoms with van der Waals surface area (Å²) in [6.07, 6.45) is 4.35. The minimum absolute atomic E-state index is 0.0222. The van der Waals surface area contributed by atoms with E-state index in [1.807, 2.05) is 12.3 Å². The third kappa shape index (κ3) is 1.56. The van der Waals surface area contributed by atoms with Gasteiger partial charge in [0.1, 0.15) is 0 Å². The van der Waals surface area contributed by atoms with Crippen LogP contribution in [0.3, 0.4) is 0 Å². The minimum Gasteiger partial charge on any atom is -0.493 e. The Balaban J connectivity index is 2.05. The zero-order chi connectivity index (χ0) is 11.0. The summed E-state index contributed by atoms with van der Waals surface area (Å²) in [7, 11) is 0. The summed E-state index contributed by atoms with van der Waals surface area (Å²) in [6.45, 7) is 2.22. The molecule has 1 aliphatic rings. The van der Waals surface area contributed by atoms with Gasteiger partial charge >= 0.3 is 0 Å². The van der Waals surface area contributed by atoms with Gasteiger partial charge in [0.25, 0.3) is 0 Å². The van der Waals surface area contributed by atoms with E-state index in [0.717, 1.165) is 24.2 Å². The average molecular weight is 215 g/mol. The number of pyridine rings is 2. The van der Waals surface area contributed by atoms with Crippen molar-refractivity contribution in [1.29, 1.82) is 0 Å². The predicted molar refractivity (Wildman–Crippen MR) is 62.6 cm³/mol. The lowest BCUT2D eigenvalue weighted by Crippen LogP contribution is -2.17. The molecular weight excluding hydrogens is 202 g/mol. The van der Waals surface area contributed by atoms with Crippen LogP contribution in [0.2, 0.25) is 0 Å². The first-order valence-corrected chi connectivity index (χ1v) is 5.54.